The molecule has 1 N–H and O–H groups in total. The second-order valence-corrected chi connectivity index (χ2v) is 7.61. The average molecular weight is 364 g/mol. The summed E-state index contributed by atoms with van der Waals surface area (Å²) in [7, 11) is -3.73. The van der Waals surface area contributed by atoms with Gasteiger partial charge in [0.1, 0.15) is 11.9 Å². The van der Waals surface area contributed by atoms with Crippen LogP contribution in [-0.2, 0) is 21.2 Å². The summed E-state index contributed by atoms with van der Waals surface area (Å²) in [6, 6.07) is 11.3. The van der Waals surface area contributed by atoms with E-state index in [2.05, 4.69) is 5.32 Å². The minimum absolute atomic E-state index is 0.230. The average Bonchev–Trinajstić information content (AvgIpc) is 2.56. The normalized spacial score (nSPS) is 12.5. The predicted molar refractivity (Wildman–Crippen MR) is 97.6 cm³/mol. The molecule has 2 aromatic carbocycles. The van der Waals surface area contributed by atoms with Crippen molar-refractivity contribution >= 4 is 27.3 Å². The van der Waals surface area contributed by atoms with Crippen molar-refractivity contribution in [2.75, 3.05) is 15.9 Å². The largest absolute Gasteiger partial charge is 0.324 e. The highest BCUT2D eigenvalue weighted by Crippen LogP contribution is 2.22. The van der Waals surface area contributed by atoms with Crippen LogP contribution in [0, 0.1) is 5.82 Å². The van der Waals surface area contributed by atoms with E-state index in [9.17, 15) is 17.6 Å². The molecule has 0 bridgehead atoms. The molecule has 134 valence electrons. The molecule has 5 nitrogen and oxygen atoms in total. The van der Waals surface area contributed by atoms with Gasteiger partial charge < -0.3 is 5.32 Å². The highest BCUT2D eigenvalue weighted by Gasteiger charge is 2.29. The van der Waals surface area contributed by atoms with E-state index in [-0.39, 0.29) is 5.69 Å². The van der Waals surface area contributed by atoms with Gasteiger partial charge >= 0.3 is 0 Å². The summed E-state index contributed by atoms with van der Waals surface area (Å²) in [5, 5.41) is 2.71. The number of anilines is 2. The first-order valence-electron chi connectivity index (χ1n) is 7.87. The lowest BCUT2D eigenvalue weighted by molar-refractivity contribution is -0.116. The SMILES string of the molecule is CCc1ccc(NC(=O)C(C)N(c2ccc(F)cc2)S(C)(=O)=O)cc1. The topological polar surface area (TPSA) is 66.5 Å². The van der Waals surface area contributed by atoms with Gasteiger partial charge in [0.15, 0.2) is 0 Å². The van der Waals surface area contributed by atoms with E-state index < -0.39 is 27.8 Å². The van der Waals surface area contributed by atoms with Crippen LogP contribution in [0.15, 0.2) is 48.5 Å². The maximum absolute atomic E-state index is 13.1. The quantitative estimate of drug-likeness (QED) is 0.856. The fourth-order valence-corrected chi connectivity index (χ4v) is 3.64. The Morgan fingerprint density at radius 2 is 1.68 bits per heavy atom. The minimum Gasteiger partial charge on any atom is -0.324 e. The molecule has 1 amide bonds. The zero-order valence-electron chi connectivity index (χ0n) is 14.4. The van der Waals surface area contributed by atoms with Gasteiger partial charge in [-0.05, 0) is 55.3 Å². The van der Waals surface area contributed by atoms with E-state index in [4.69, 9.17) is 0 Å². The van der Waals surface area contributed by atoms with Crippen LogP contribution in [0.1, 0.15) is 19.4 Å². The number of benzene rings is 2. The monoisotopic (exact) mass is 364 g/mol. The van der Waals surface area contributed by atoms with E-state index in [1.54, 1.807) is 12.1 Å². The summed E-state index contributed by atoms with van der Waals surface area (Å²) in [5.74, 6) is -0.954. The first-order chi connectivity index (χ1) is 11.7. The Morgan fingerprint density at radius 3 is 2.16 bits per heavy atom. The van der Waals surface area contributed by atoms with Crippen molar-refractivity contribution in [2.24, 2.45) is 0 Å². The van der Waals surface area contributed by atoms with E-state index in [0.717, 1.165) is 34.7 Å². The smallest absolute Gasteiger partial charge is 0.247 e. The second kappa shape index (κ2) is 7.65. The molecule has 2 rings (SSSR count). The molecule has 0 fully saturated rings. The number of nitrogens with one attached hydrogen (secondary N) is 1. The van der Waals surface area contributed by atoms with Crippen LogP contribution >= 0.6 is 0 Å². The van der Waals surface area contributed by atoms with Crippen LogP contribution in [0.5, 0.6) is 0 Å². The third-order valence-electron chi connectivity index (χ3n) is 3.80. The lowest BCUT2D eigenvalue weighted by atomic mass is 10.1. The van der Waals surface area contributed by atoms with Crippen LogP contribution in [0.25, 0.3) is 0 Å². The van der Waals surface area contributed by atoms with Crippen LogP contribution in [0.4, 0.5) is 15.8 Å². The maximum atomic E-state index is 13.1. The fourth-order valence-electron chi connectivity index (χ4n) is 2.47. The second-order valence-electron chi connectivity index (χ2n) is 5.75. The van der Waals surface area contributed by atoms with Gasteiger partial charge in [0.05, 0.1) is 11.9 Å². The van der Waals surface area contributed by atoms with Gasteiger partial charge in [-0.2, -0.15) is 0 Å². The van der Waals surface area contributed by atoms with Crippen molar-refractivity contribution in [3.8, 4) is 0 Å². The highest BCUT2D eigenvalue weighted by atomic mass is 32.2. The van der Waals surface area contributed by atoms with Crippen molar-refractivity contribution in [2.45, 2.75) is 26.3 Å². The van der Waals surface area contributed by atoms with Gasteiger partial charge in [0.25, 0.3) is 0 Å². The molecule has 0 saturated carbocycles. The first kappa shape index (κ1) is 18.9. The molecule has 25 heavy (non-hydrogen) atoms. The van der Waals surface area contributed by atoms with E-state index >= 15 is 0 Å². The lowest BCUT2D eigenvalue weighted by Crippen LogP contribution is -2.45. The zero-order valence-corrected chi connectivity index (χ0v) is 15.2. The number of nitrogens with zero attached hydrogens (tertiary/aromatic N) is 1. The molecule has 0 aliphatic heterocycles. The number of rotatable bonds is 6. The number of sulfonamides is 1. The molecular weight excluding hydrogens is 343 g/mol. The Labute approximate surface area is 147 Å². The molecule has 0 heterocycles. The summed E-state index contributed by atoms with van der Waals surface area (Å²) >= 11 is 0. The van der Waals surface area contributed by atoms with E-state index in [1.165, 1.54) is 19.1 Å². The van der Waals surface area contributed by atoms with Crippen molar-refractivity contribution in [1.29, 1.82) is 0 Å². The van der Waals surface area contributed by atoms with Crippen molar-refractivity contribution in [3.05, 3.63) is 59.9 Å². The number of carbonyl (C=O) groups excluding carboxylic acids is 1. The van der Waals surface area contributed by atoms with Gasteiger partial charge in [0, 0.05) is 5.69 Å². The van der Waals surface area contributed by atoms with Crippen molar-refractivity contribution < 1.29 is 17.6 Å². The van der Waals surface area contributed by atoms with Crippen molar-refractivity contribution in [3.63, 3.8) is 0 Å². The predicted octanol–water partition coefficient (Wildman–Crippen LogP) is 3.18. The van der Waals surface area contributed by atoms with Gasteiger partial charge in [-0.25, -0.2) is 12.8 Å². The number of aryl methyl sites for hydroxylation is 1. The number of halogens is 1. The first-order valence-corrected chi connectivity index (χ1v) is 9.72. The number of hydrogen-bond donors (Lipinski definition) is 1. The van der Waals surface area contributed by atoms with Crippen LogP contribution < -0.4 is 9.62 Å². The molecule has 0 saturated heterocycles. The Kier molecular flexibility index (Phi) is 5.79. The Balaban J connectivity index is 2.24. The summed E-state index contributed by atoms with van der Waals surface area (Å²) in [4.78, 5) is 12.5. The number of carbonyl (C=O) groups is 1. The summed E-state index contributed by atoms with van der Waals surface area (Å²) in [6.45, 7) is 3.52. The Bertz CT molecular complexity index is 834. The van der Waals surface area contributed by atoms with Crippen LogP contribution in [-0.4, -0.2) is 26.6 Å². The highest BCUT2D eigenvalue weighted by molar-refractivity contribution is 7.92. The molecule has 0 radical (unpaired) electrons. The molecule has 7 heteroatoms. The molecule has 0 aliphatic rings. The molecule has 0 spiro atoms. The lowest BCUT2D eigenvalue weighted by Gasteiger charge is -2.28. The minimum atomic E-state index is -3.73. The summed E-state index contributed by atoms with van der Waals surface area (Å²) in [6.07, 6.45) is 1.90. The summed E-state index contributed by atoms with van der Waals surface area (Å²) < 4.78 is 38.4. The van der Waals surface area contributed by atoms with E-state index in [0.29, 0.717) is 5.69 Å². The Hall–Kier alpha value is -2.41. The molecule has 2 aromatic rings. The van der Waals surface area contributed by atoms with E-state index in [1.807, 2.05) is 19.1 Å². The fraction of sp³-hybridized carbons (Fsp3) is 0.278. The molecule has 1 atom stereocenters. The zero-order chi connectivity index (χ0) is 18.6. The third-order valence-corrected chi connectivity index (χ3v) is 5.04. The Morgan fingerprint density at radius 1 is 1.12 bits per heavy atom. The third kappa shape index (κ3) is 4.79. The summed E-state index contributed by atoms with van der Waals surface area (Å²) in [5.41, 5.74) is 1.95. The molecule has 0 aromatic heterocycles. The molecule has 0 aliphatic carbocycles. The van der Waals surface area contributed by atoms with Crippen molar-refractivity contribution in [1.82, 2.24) is 0 Å². The standard InChI is InChI=1S/C18H21FN2O3S/c1-4-14-5-9-16(10-6-14)20-18(22)13(2)21(25(3,23)24)17-11-7-15(19)8-12-17/h5-13H,4H2,1-3H3,(H,20,22). The van der Waals surface area contributed by atoms with Gasteiger partial charge in [-0.15, -0.1) is 0 Å². The number of hydrogen-bond acceptors (Lipinski definition) is 3. The van der Waals surface area contributed by atoms with Gasteiger partial charge in [-0.3, -0.25) is 9.10 Å². The number of amides is 1. The van der Waals surface area contributed by atoms with Gasteiger partial charge in [-0.1, -0.05) is 19.1 Å². The maximum Gasteiger partial charge on any atom is 0.247 e. The van der Waals surface area contributed by atoms with Crippen LogP contribution in [0.2, 0.25) is 0 Å². The molecular formula is C18H21FN2O3S. The van der Waals surface area contributed by atoms with Crippen LogP contribution in [0.3, 0.4) is 0 Å². The molecule has 1 unspecified atom stereocenters. The van der Waals surface area contributed by atoms with Gasteiger partial charge in [0.2, 0.25) is 15.9 Å².